The zero-order valence-electron chi connectivity index (χ0n) is 11.7. The van der Waals surface area contributed by atoms with E-state index in [1.165, 1.54) is 32.1 Å². The highest BCUT2D eigenvalue weighted by Crippen LogP contribution is 2.60. The summed E-state index contributed by atoms with van der Waals surface area (Å²) < 4.78 is 5.59. The van der Waals surface area contributed by atoms with E-state index >= 15 is 0 Å². The van der Waals surface area contributed by atoms with Crippen molar-refractivity contribution in [1.29, 1.82) is 0 Å². The van der Waals surface area contributed by atoms with Crippen LogP contribution in [0.4, 0.5) is 0 Å². The van der Waals surface area contributed by atoms with Crippen LogP contribution in [0.1, 0.15) is 50.2 Å². The van der Waals surface area contributed by atoms with Crippen molar-refractivity contribution in [2.24, 2.45) is 29.6 Å². The van der Waals surface area contributed by atoms with E-state index in [9.17, 15) is 9.90 Å². The van der Waals surface area contributed by atoms with Crippen LogP contribution in [-0.2, 0) is 4.79 Å². The Bertz CT molecular complexity index is 462. The Hall–Kier alpha value is -1.25. The van der Waals surface area contributed by atoms with Gasteiger partial charge in [0.1, 0.15) is 5.76 Å². The molecular weight excluding hydrogens is 252 g/mol. The molecule has 108 valence electrons. The van der Waals surface area contributed by atoms with Crippen molar-refractivity contribution in [3.8, 4) is 0 Å². The second kappa shape index (κ2) is 4.64. The summed E-state index contributed by atoms with van der Waals surface area (Å²) in [6.45, 7) is 0. The van der Waals surface area contributed by atoms with E-state index in [2.05, 4.69) is 0 Å². The average Bonchev–Trinajstić information content (AvgIpc) is 2.89. The Morgan fingerprint density at radius 2 is 1.85 bits per heavy atom. The van der Waals surface area contributed by atoms with Gasteiger partial charge in [0.25, 0.3) is 0 Å². The lowest BCUT2D eigenvalue weighted by Gasteiger charge is -2.56. The van der Waals surface area contributed by atoms with Crippen LogP contribution in [-0.4, -0.2) is 11.1 Å². The van der Waals surface area contributed by atoms with Crippen LogP contribution in [0.2, 0.25) is 0 Å². The van der Waals surface area contributed by atoms with Crippen molar-refractivity contribution >= 4 is 5.97 Å². The van der Waals surface area contributed by atoms with Crippen molar-refractivity contribution < 1.29 is 14.3 Å². The number of furan rings is 1. The van der Waals surface area contributed by atoms with Crippen molar-refractivity contribution in [1.82, 2.24) is 0 Å². The van der Waals surface area contributed by atoms with E-state index in [0.29, 0.717) is 5.92 Å². The van der Waals surface area contributed by atoms with Crippen LogP contribution in [0.3, 0.4) is 0 Å². The molecule has 4 aliphatic rings. The first kappa shape index (κ1) is 12.5. The van der Waals surface area contributed by atoms with Gasteiger partial charge < -0.3 is 9.52 Å². The predicted octanol–water partition coefficient (Wildman–Crippen LogP) is 3.91. The minimum atomic E-state index is -0.694. The second-order valence-electron chi connectivity index (χ2n) is 7.23. The lowest BCUT2D eigenvalue weighted by molar-refractivity contribution is -0.139. The molecule has 0 aromatic carbocycles. The Morgan fingerprint density at radius 1 is 1.20 bits per heavy atom. The molecule has 1 aromatic heterocycles. The minimum Gasteiger partial charge on any atom is -0.481 e. The fraction of sp³-hybridized carbons (Fsp3) is 0.706. The Kier molecular flexibility index (Phi) is 2.90. The number of aliphatic carboxylic acids is 1. The van der Waals surface area contributed by atoms with E-state index in [0.717, 1.165) is 29.4 Å². The lowest BCUT2D eigenvalue weighted by atomic mass is 9.49. The van der Waals surface area contributed by atoms with Gasteiger partial charge in [-0.2, -0.15) is 0 Å². The highest BCUT2D eigenvalue weighted by atomic mass is 16.4. The summed E-state index contributed by atoms with van der Waals surface area (Å²) in [6, 6.07) is 3.86. The van der Waals surface area contributed by atoms with E-state index in [-0.39, 0.29) is 12.3 Å². The number of carbonyl (C=O) groups is 1. The van der Waals surface area contributed by atoms with Crippen LogP contribution in [0.5, 0.6) is 0 Å². The number of rotatable bonds is 4. The van der Waals surface area contributed by atoms with Gasteiger partial charge in [-0.1, -0.05) is 0 Å². The van der Waals surface area contributed by atoms with E-state index in [1.54, 1.807) is 6.26 Å². The molecule has 4 aliphatic carbocycles. The summed E-state index contributed by atoms with van der Waals surface area (Å²) in [5.41, 5.74) is 0. The van der Waals surface area contributed by atoms with Gasteiger partial charge in [-0.05, 0) is 73.8 Å². The first-order valence-corrected chi connectivity index (χ1v) is 7.96. The molecule has 0 saturated heterocycles. The van der Waals surface area contributed by atoms with E-state index in [1.807, 2.05) is 12.1 Å². The molecule has 1 N–H and O–H groups in total. The zero-order valence-corrected chi connectivity index (χ0v) is 11.7. The van der Waals surface area contributed by atoms with Crippen LogP contribution in [0, 0.1) is 29.6 Å². The van der Waals surface area contributed by atoms with Gasteiger partial charge >= 0.3 is 5.97 Å². The Labute approximate surface area is 119 Å². The number of carboxylic acids is 1. The molecule has 3 nitrogen and oxygen atoms in total. The van der Waals surface area contributed by atoms with E-state index in [4.69, 9.17) is 4.42 Å². The van der Waals surface area contributed by atoms with Crippen molar-refractivity contribution in [3.63, 3.8) is 0 Å². The van der Waals surface area contributed by atoms with Gasteiger partial charge in [0.2, 0.25) is 0 Å². The van der Waals surface area contributed by atoms with Gasteiger partial charge in [-0.15, -0.1) is 0 Å². The summed E-state index contributed by atoms with van der Waals surface area (Å²) in [6.07, 6.45) is 8.65. The van der Waals surface area contributed by atoms with Gasteiger partial charge in [-0.3, -0.25) is 4.79 Å². The molecule has 4 bridgehead atoms. The first-order valence-electron chi connectivity index (χ1n) is 7.96. The third kappa shape index (κ3) is 1.99. The lowest BCUT2D eigenvalue weighted by Crippen LogP contribution is -2.47. The number of hydrogen-bond donors (Lipinski definition) is 1. The second-order valence-corrected chi connectivity index (χ2v) is 7.23. The average molecular weight is 274 g/mol. The summed E-state index contributed by atoms with van der Waals surface area (Å²) in [4.78, 5) is 11.3. The van der Waals surface area contributed by atoms with Crippen LogP contribution in [0.15, 0.2) is 22.8 Å². The maximum Gasteiger partial charge on any atom is 0.304 e. The fourth-order valence-electron chi connectivity index (χ4n) is 5.74. The SMILES string of the molecule is O=C(O)CC(c1ccco1)C1C2CC3CC(C2)CC1C3. The molecule has 3 heteroatoms. The normalized spacial score (nSPS) is 39.9. The molecule has 0 spiro atoms. The van der Waals surface area contributed by atoms with Crippen molar-refractivity contribution in [3.05, 3.63) is 24.2 Å². The first-order chi connectivity index (χ1) is 9.70. The molecule has 4 saturated carbocycles. The van der Waals surface area contributed by atoms with Crippen LogP contribution >= 0.6 is 0 Å². The minimum absolute atomic E-state index is 0.0810. The van der Waals surface area contributed by atoms with Crippen LogP contribution in [0.25, 0.3) is 0 Å². The quantitative estimate of drug-likeness (QED) is 0.905. The summed E-state index contributed by atoms with van der Waals surface area (Å²) in [5, 5.41) is 9.30. The molecule has 1 aromatic rings. The topological polar surface area (TPSA) is 50.4 Å². The monoisotopic (exact) mass is 274 g/mol. The molecule has 0 radical (unpaired) electrons. The smallest absolute Gasteiger partial charge is 0.304 e. The molecule has 0 aliphatic heterocycles. The predicted molar refractivity (Wildman–Crippen MR) is 74.2 cm³/mol. The van der Waals surface area contributed by atoms with Gasteiger partial charge in [0.15, 0.2) is 0 Å². The standard InChI is InChI=1S/C17H22O3/c18-16(19)9-14(15-2-1-3-20-15)17-12-5-10-4-11(7-12)8-13(17)6-10/h1-3,10-14,17H,4-9H2,(H,18,19). The maximum atomic E-state index is 11.3. The molecule has 4 fully saturated rings. The third-order valence-electron chi connectivity index (χ3n) is 6.07. The summed E-state index contributed by atoms with van der Waals surface area (Å²) in [5.74, 6) is 4.14. The van der Waals surface area contributed by atoms with Crippen molar-refractivity contribution in [2.75, 3.05) is 0 Å². The summed E-state index contributed by atoms with van der Waals surface area (Å²) >= 11 is 0. The molecular formula is C17H22O3. The fourth-order valence-corrected chi connectivity index (χ4v) is 5.74. The van der Waals surface area contributed by atoms with Crippen LogP contribution < -0.4 is 0 Å². The molecule has 20 heavy (non-hydrogen) atoms. The maximum absolute atomic E-state index is 11.3. The molecule has 1 atom stereocenters. The van der Waals surface area contributed by atoms with E-state index < -0.39 is 5.97 Å². The molecule has 0 amide bonds. The van der Waals surface area contributed by atoms with Gasteiger partial charge in [-0.25, -0.2) is 0 Å². The molecule has 5 rings (SSSR count). The Balaban J connectivity index is 1.64. The number of hydrogen-bond acceptors (Lipinski definition) is 2. The van der Waals surface area contributed by atoms with Crippen molar-refractivity contribution in [2.45, 2.75) is 44.4 Å². The summed E-state index contributed by atoms with van der Waals surface area (Å²) in [7, 11) is 0. The highest BCUT2D eigenvalue weighted by molar-refractivity contribution is 5.68. The Morgan fingerprint density at radius 3 is 2.35 bits per heavy atom. The van der Waals surface area contributed by atoms with Gasteiger partial charge in [0.05, 0.1) is 12.7 Å². The third-order valence-corrected chi connectivity index (χ3v) is 6.07. The molecule has 1 heterocycles. The van der Waals surface area contributed by atoms with Gasteiger partial charge in [0, 0.05) is 5.92 Å². The number of carboxylic acid groups (broad SMARTS) is 1. The zero-order chi connectivity index (χ0) is 13.7. The largest absolute Gasteiger partial charge is 0.481 e. The molecule has 1 unspecified atom stereocenters. The highest BCUT2D eigenvalue weighted by Gasteiger charge is 2.51.